The van der Waals surface area contributed by atoms with E-state index in [0.717, 1.165) is 0 Å². The number of anilines is 1. The van der Waals surface area contributed by atoms with Gasteiger partial charge in [-0.3, -0.25) is 14.4 Å². The van der Waals surface area contributed by atoms with Crippen LogP contribution in [0.15, 0.2) is 24.3 Å². The van der Waals surface area contributed by atoms with E-state index in [0.29, 0.717) is 17.9 Å². The van der Waals surface area contributed by atoms with Crippen LogP contribution in [0.1, 0.15) is 26.7 Å². The van der Waals surface area contributed by atoms with Gasteiger partial charge in [0, 0.05) is 19.0 Å². The first kappa shape index (κ1) is 18.8. The molecular formula is C18H24N2O5. The number of rotatable bonds is 7. The normalized spacial score (nSPS) is 18.1. The lowest BCUT2D eigenvalue weighted by atomic mass is 10.1. The number of methoxy groups -OCH3 is 1. The predicted octanol–water partition coefficient (Wildman–Crippen LogP) is 1.76. The molecule has 0 saturated carbocycles. The number of aliphatic carboxylic acids is 1. The maximum atomic E-state index is 12.8. The van der Waals surface area contributed by atoms with Gasteiger partial charge in [-0.15, -0.1) is 0 Å². The molecule has 2 rings (SSSR count). The Hall–Kier alpha value is -2.57. The van der Waals surface area contributed by atoms with Crippen molar-refractivity contribution in [2.24, 2.45) is 5.92 Å². The average Bonchev–Trinajstić information content (AvgIpc) is 2.99. The molecular weight excluding hydrogens is 324 g/mol. The van der Waals surface area contributed by atoms with E-state index < -0.39 is 11.9 Å². The van der Waals surface area contributed by atoms with Crippen LogP contribution in [-0.2, 0) is 14.4 Å². The Balaban J connectivity index is 2.20. The summed E-state index contributed by atoms with van der Waals surface area (Å²) in [7, 11) is 1.53. The van der Waals surface area contributed by atoms with Crippen molar-refractivity contribution >= 4 is 23.5 Å². The van der Waals surface area contributed by atoms with Crippen LogP contribution in [0.25, 0.3) is 0 Å². The fraction of sp³-hybridized carbons (Fsp3) is 0.500. The summed E-state index contributed by atoms with van der Waals surface area (Å²) in [5.41, 5.74) is 0.624. The number of carboxylic acids is 1. The van der Waals surface area contributed by atoms with Crippen molar-refractivity contribution in [3.05, 3.63) is 24.3 Å². The number of benzene rings is 1. The average molecular weight is 348 g/mol. The summed E-state index contributed by atoms with van der Waals surface area (Å²) in [6.07, 6.45) is 0.722. The second kappa shape index (κ2) is 8.00. The SMILES string of the molecule is CCC(C)N(CC(=O)O)C(=O)C1CC(=O)N(c2ccccc2OC)C1. The summed E-state index contributed by atoms with van der Waals surface area (Å²) in [4.78, 5) is 39.2. The first-order valence-electron chi connectivity index (χ1n) is 8.34. The number of ether oxygens (including phenoxy) is 1. The molecule has 7 nitrogen and oxygen atoms in total. The molecule has 1 fully saturated rings. The van der Waals surface area contributed by atoms with Gasteiger partial charge >= 0.3 is 5.97 Å². The molecule has 1 aliphatic rings. The highest BCUT2D eigenvalue weighted by molar-refractivity contribution is 6.01. The molecule has 1 aromatic carbocycles. The van der Waals surface area contributed by atoms with E-state index in [1.165, 1.54) is 16.9 Å². The van der Waals surface area contributed by atoms with Crippen molar-refractivity contribution in [1.82, 2.24) is 4.90 Å². The largest absolute Gasteiger partial charge is 0.495 e. The Morgan fingerprint density at radius 2 is 2.08 bits per heavy atom. The first-order chi connectivity index (χ1) is 11.9. The molecule has 136 valence electrons. The zero-order chi connectivity index (χ0) is 18.6. The molecule has 0 aromatic heterocycles. The summed E-state index contributed by atoms with van der Waals surface area (Å²) in [6.45, 7) is 3.58. The summed E-state index contributed by atoms with van der Waals surface area (Å²) < 4.78 is 5.29. The van der Waals surface area contributed by atoms with E-state index in [1.54, 1.807) is 18.2 Å². The molecule has 0 bridgehead atoms. The number of carbonyl (C=O) groups excluding carboxylic acids is 2. The lowest BCUT2D eigenvalue weighted by Gasteiger charge is -2.29. The Labute approximate surface area is 147 Å². The minimum Gasteiger partial charge on any atom is -0.495 e. The predicted molar refractivity (Wildman–Crippen MR) is 92.6 cm³/mol. The van der Waals surface area contributed by atoms with E-state index in [9.17, 15) is 14.4 Å². The Kier molecular flexibility index (Phi) is 6.01. The van der Waals surface area contributed by atoms with Gasteiger partial charge in [0.1, 0.15) is 12.3 Å². The Bertz CT molecular complexity index is 661. The quantitative estimate of drug-likeness (QED) is 0.811. The van der Waals surface area contributed by atoms with E-state index in [4.69, 9.17) is 9.84 Å². The third kappa shape index (κ3) is 4.10. The number of carbonyl (C=O) groups is 3. The number of hydrogen-bond donors (Lipinski definition) is 1. The van der Waals surface area contributed by atoms with Gasteiger partial charge in [-0.25, -0.2) is 0 Å². The van der Waals surface area contributed by atoms with Crippen LogP contribution in [0.5, 0.6) is 5.75 Å². The summed E-state index contributed by atoms with van der Waals surface area (Å²) in [6, 6.07) is 6.94. The number of nitrogens with zero attached hydrogens (tertiary/aromatic N) is 2. The van der Waals surface area contributed by atoms with Crippen LogP contribution in [-0.4, -0.2) is 54.0 Å². The zero-order valence-corrected chi connectivity index (χ0v) is 14.8. The minimum atomic E-state index is -1.06. The molecule has 0 aliphatic carbocycles. The number of hydrogen-bond acceptors (Lipinski definition) is 4. The number of amides is 2. The Morgan fingerprint density at radius 1 is 1.40 bits per heavy atom. The number of carboxylic acid groups (broad SMARTS) is 1. The monoisotopic (exact) mass is 348 g/mol. The molecule has 2 atom stereocenters. The van der Waals surface area contributed by atoms with Crippen molar-refractivity contribution in [2.45, 2.75) is 32.7 Å². The van der Waals surface area contributed by atoms with Crippen molar-refractivity contribution in [3.63, 3.8) is 0 Å². The highest BCUT2D eigenvalue weighted by atomic mass is 16.5. The third-order valence-electron chi connectivity index (χ3n) is 4.56. The summed E-state index contributed by atoms with van der Waals surface area (Å²) in [5.74, 6) is -1.50. The van der Waals surface area contributed by atoms with Crippen molar-refractivity contribution in [1.29, 1.82) is 0 Å². The molecule has 7 heteroatoms. The van der Waals surface area contributed by atoms with E-state index in [1.807, 2.05) is 19.9 Å². The fourth-order valence-corrected chi connectivity index (χ4v) is 3.01. The second-order valence-electron chi connectivity index (χ2n) is 6.19. The summed E-state index contributed by atoms with van der Waals surface area (Å²) >= 11 is 0. The maximum absolute atomic E-state index is 12.8. The van der Waals surface area contributed by atoms with Gasteiger partial charge in [0.25, 0.3) is 0 Å². The van der Waals surface area contributed by atoms with Gasteiger partial charge in [-0.2, -0.15) is 0 Å². The molecule has 0 radical (unpaired) electrons. The van der Waals surface area contributed by atoms with E-state index >= 15 is 0 Å². The lowest BCUT2D eigenvalue weighted by Crippen LogP contribution is -2.45. The fourth-order valence-electron chi connectivity index (χ4n) is 3.01. The first-order valence-corrected chi connectivity index (χ1v) is 8.34. The van der Waals surface area contributed by atoms with Crippen LogP contribution in [0.2, 0.25) is 0 Å². The molecule has 25 heavy (non-hydrogen) atoms. The van der Waals surface area contributed by atoms with Gasteiger partial charge in [-0.05, 0) is 25.5 Å². The standard InChI is InChI=1S/C18H24N2O5/c1-4-12(2)19(11-17(22)23)18(24)13-9-16(21)20(10-13)14-7-5-6-8-15(14)25-3/h5-8,12-13H,4,9-11H2,1-3H3,(H,22,23). The molecule has 1 saturated heterocycles. The number of para-hydroxylation sites is 2. The van der Waals surface area contributed by atoms with Crippen molar-refractivity contribution in [3.8, 4) is 5.75 Å². The van der Waals surface area contributed by atoms with E-state index in [-0.39, 0.29) is 37.4 Å². The molecule has 1 heterocycles. The van der Waals surface area contributed by atoms with Crippen molar-refractivity contribution < 1.29 is 24.2 Å². The third-order valence-corrected chi connectivity index (χ3v) is 4.56. The van der Waals surface area contributed by atoms with Crippen LogP contribution >= 0.6 is 0 Å². The van der Waals surface area contributed by atoms with Gasteiger partial charge in [-0.1, -0.05) is 19.1 Å². The highest BCUT2D eigenvalue weighted by Crippen LogP contribution is 2.33. The van der Waals surface area contributed by atoms with Gasteiger partial charge in [0.15, 0.2) is 0 Å². The van der Waals surface area contributed by atoms with Gasteiger partial charge < -0.3 is 19.6 Å². The molecule has 0 spiro atoms. The van der Waals surface area contributed by atoms with E-state index in [2.05, 4.69) is 0 Å². The summed E-state index contributed by atoms with van der Waals surface area (Å²) in [5, 5.41) is 9.08. The smallest absolute Gasteiger partial charge is 0.323 e. The van der Waals surface area contributed by atoms with Crippen LogP contribution in [0.4, 0.5) is 5.69 Å². The Morgan fingerprint density at radius 3 is 2.68 bits per heavy atom. The molecule has 1 aromatic rings. The highest BCUT2D eigenvalue weighted by Gasteiger charge is 2.39. The van der Waals surface area contributed by atoms with Crippen LogP contribution in [0, 0.1) is 5.92 Å². The molecule has 1 aliphatic heterocycles. The van der Waals surface area contributed by atoms with Gasteiger partial charge in [0.2, 0.25) is 11.8 Å². The van der Waals surface area contributed by atoms with Gasteiger partial charge in [0.05, 0.1) is 18.7 Å². The zero-order valence-electron chi connectivity index (χ0n) is 14.8. The minimum absolute atomic E-state index is 0.0729. The lowest BCUT2D eigenvalue weighted by molar-refractivity contribution is -0.148. The van der Waals surface area contributed by atoms with Crippen LogP contribution < -0.4 is 9.64 Å². The maximum Gasteiger partial charge on any atom is 0.323 e. The van der Waals surface area contributed by atoms with Crippen LogP contribution in [0.3, 0.4) is 0 Å². The second-order valence-corrected chi connectivity index (χ2v) is 6.19. The topological polar surface area (TPSA) is 87.2 Å². The van der Waals surface area contributed by atoms with Crippen molar-refractivity contribution in [2.75, 3.05) is 25.1 Å². The molecule has 1 N–H and O–H groups in total. The molecule has 2 unspecified atom stereocenters. The molecule has 2 amide bonds.